The molecule has 0 unspecified atom stereocenters. The Kier molecular flexibility index (Phi) is 1.83. The third-order valence-electron chi connectivity index (χ3n) is 2.34. The second-order valence-corrected chi connectivity index (χ2v) is 3.68. The minimum Gasteiger partial charge on any atom is -0.443 e. The number of aromatic nitrogens is 1. The molecular weight excluding hydrogens is 162 g/mol. The molecule has 13 heavy (non-hydrogen) atoms. The normalized spacial score (nSPS) is 11.4. The summed E-state index contributed by atoms with van der Waals surface area (Å²) < 4.78 is 5.25. The molecule has 1 aromatic carbocycles. The summed E-state index contributed by atoms with van der Waals surface area (Å²) in [4.78, 5) is 4.11. The van der Waals surface area contributed by atoms with E-state index in [4.69, 9.17) is 4.42 Å². The highest BCUT2D eigenvalue weighted by atomic mass is 16.3. The molecule has 0 aliphatic heterocycles. The van der Waals surface area contributed by atoms with E-state index in [0.717, 1.165) is 11.1 Å². The van der Waals surface area contributed by atoms with Crippen molar-refractivity contribution in [2.45, 2.75) is 26.7 Å². The van der Waals surface area contributed by atoms with Crippen molar-refractivity contribution in [2.24, 2.45) is 0 Å². The predicted octanol–water partition coefficient (Wildman–Crippen LogP) is 3.26. The van der Waals surface area contributed by atoms with Crippen molar-refractivity contribution in [1.82, 2.24) is 4.98 Å². The summed E-state index contributed by atoms with van der Waals surface area (Å²) in [5, 5.41) is 0. The maximum atomic E-state index is 5.25. The first-order valence-electron chi connectivity index (χ1n) is 4.52. The maximum absolute atomic E-state index is 5.25. The van der Waals surface area contributed by atoms with E-state index in [2.05, 4.69) is 37.9 Å². The second-order valence-electron chi connectivity index (χ2n) is 3.68. The fourth-order valence-corrected chi connectivity index (χ4v) is 1.65. The fraction of sp³-hybridized carbons (Fsp3) is 0.364. The molecule has 0 fully saturated rings. The van der Waals surface area contributed by atoms with Crippen LogP contribution in [0.2, 0.25) is 0 Å². The molecule has 2 aromatic rings. The molecule has 1 heterocycles. The Bertz CT molecular complexity index is 429. The van der Waals surface area contributed by atoms with Gasteiger partial charge < -0.3 is 4.42 Å². The molecule has 0 atom stereocenters. The van der Waals surface area contributed by atoms with Crippen molar-refractivity contribution in [3.05, 3.63) is 29.7 Å². The van der Waals surface area contributed by atoms with Crippen LogP contribution in [0.5, 0.6) is 0 Å². The summed E-state index contributed by atoms with van der Waals surface area (Å²) in [6.07, 6.45) is 1.49. The van der Waals surface area contributed by atoms with Gasteiger partial charge in [-0.25, -0.2) is 4.98 Å². The number of hydrogen-bond donors (Lipinski definition) is 0. The molecule has 0 N–H and O–H groups in total. The molecule has 0 aliphatic rings. The molecule has 0 saturated carbocycles. The van der Waals surface area contributed by atoms with Gasteiger partial charge in [0, 0.05) is 0 Å². The summed E-state index contributed by atoms with van der Waals surface area (Å²) in [5.41, 5.74) is 4.46. The Morgan fingerprint density at radius 3 is 2.77 bits per heavy atom. The number of rotatable bonds is 1. The van der Waals surface area contributed by atoms with Gasteiger partial charge in [-0.05, 0) is 36.1 Å². The number of oxazole rings is 1. The van der Waals surface area contributed by atoms with Gasteiger partial charge >= 0.3 is 0 Å². The number of nitrogens with zero attached hydrogens (tertiary/aromatic N) is 1. The van der Waals surface area contributed by atoms with E-state index in [0.29, 0.717) is 5.92 Å². The van der Waals surface area contributed by atoms with Crippen molar-refractivity contribution in [2.75, 3.05) is 0 Å². The van der Waals surface area contributed by atoms with Gasteiger partial charge in [-0.15, -0.1) is 0 Å². The summed E-state index contributed by atoms with van der Waals surface area (Å²) in [7, 11) is 0. The molecule has 2 heteroatoms. The van der Waals surface area contributed by atoms with E-state index < -0.39 is 0 Å². The highest BCUT2D eigenvalue weighted by molar-refractivity contribution is 5.74. The van der Waals surface area contributed by atoms with Crippen LogP contribution in [0.1, 0.15) is 30.9 Å². The zero-order valence-corrected chi connectivity index (χ0v) is 8.16. The van der Waals surface area contributed by atoms with Crippen LogP contribution in [-0.2, 0) is 0 Å². The lowest BCUT2D eigenvalue weighted by molar-refractivity contribution is 0.601. The van der Waals surface area contributed by atoms with Crippen molar-refractivity contribution in [3.8, 4) is 0 Å². The Morgan fingerprint density at radius 2 is 2.08 bits per heavy atom. The highest BCUT2D eigenvalue weighted by Crippen LogP contribution is 2.24. The summed E-state index contributed by atoms with van der Waals surface area (Å²) >= 11 is 0. The molecule has 0 saturated heterocycles. The maximum Gasteiger partial charge on any atom is 0.181 e. The largest absolute Gasteiger partial charge is 0.443 e. The van der Waals surface area contributed by atoms with Crippen molar-refractivity contribution < 1.29 is 4.42 Å². The third-order valence-corrected chi connectivity index (χ3v) is 2.34. The van der Waals surface area contributed by atoms with Crippen LogP contribution in [0.3, 0.4) is 0 Å². The van der Waals surface area contributed by atoms with Crippen LogP contribution in [0.15, 0.2) is 22.9 Å². The smallest absolute Gasteiger partial charge is 0.181 e. The van der Waals surface area contributed by atoms with Crippen molar-refractivity contribution >= 4 is 11.1 Å². The molecule has 1 aromatic heterocycles. The van der Waals surface area contributed by atoms with Gasteiger partial charge in [0.25, 0.3) is 0 Å². The summed E-state index contributed by atoms with van der Waals surface area (Å²) in [6.45, 7) is 6.48. The van der Waals surface area contributed by atoms with Gasteiger partial charge in [0.1, 0.15) is 5.52 Å². The highest BCUT2D eigenvalue weighted by Gasteiger charge is 2.07. The molecule has 0 spiro atoms. The topological polar surface area (TPSA) is 26.0 Å². The SMILES string of the molecule is Cc1cc2ncoc2cc1C(C)C. The Hall–Kier alpha value is -1.31. The molecule has 0 amide bonds. The first-order chi connectivity index (χ1) is 6.18. The number of hydrogen-bond acceptors (Lipinski definition) is 2. The molecule has 2 nitrogen and oxygen atoms in total. The van der Waals surface area contributed by atoms with Gasteiger partial charge in [-0.3, -0.25) is 0 Å². The van der Waals surface area contributed by atoms with Crippen LogP contribution in [0.4, 0.5) is 0 Å². The quantitative estimate of drug-likeness (QED) is 0.664. The molecule has 0 radical (unpaired) electrons. The van der Waals surface area contributed by atoms with E-state index in [-0.39, 0.29) is 0 Å². The minimum atomic E-state index is 0.537. The zero-order valence-electron chi connectivity index (χ0n) is 8.16. The van der Waals surface area contributed by atoms with Crippen molar-refractivity contribution in [3.63, 3.8) is 0 Å². The van der Waals surface area contributed by atoms with Crippen LogP contribution in [-0.4, -0.2) is 4.98 Å². The van der Waals surface area contributed by atoms with Gasteiger partial charge in [0.15, 0.2) is 12.0 Å². The van der Waals surface area contributed by atoms with Crippen LogP contribution < -0.4 is 0 Å². The minimum absolute atomic E-state index is 0.537. The van der Waals surface area contributed by atoms with E-state index in [1.807, 2.05) is 0 Å². The number of aryl methyl sites for hydroxylation is 1. The lowest BCUT2D eigenvalue weighted by Gasteiger charge is -2.08. The van der Waals surface area contributed by atoms with E-state index in [1.54, 1.807) is 0 Å². The van der Waals surface area contributed by atoms with Gasteiger partial charge in [0.2, 0.25) is 0 Å². The third kappa shape index (κ3) is 1.32. The number of benzene rings is 1. The fourth-order valence-electron chi connectivity index (χ4n) is 1.65. The molecule has 0 bridgehead atoms. The Balaban J connectivity index is 2.69. The average molecular weight is 175 g/mol. The number of fused-ring (bicyclic) bond motifs is 1. The molecule has 2 rings (SSSR count). The van der Waals surface area contributed by atoms with Crippen molar-refractivity contribution in [1.29, 1.82) is 0 Å². The van der Waals surface area contributed by atoms with Crippen LogP contribution in [0, 0.1) is 6.92 Å². The molecule has 0 aliphatic carbocycles. The lowest BCUT2D eigenvalue weighted by Crippen LogP contribution is -1.91. The summed E-state index contributed by atoms with van der Waals surface area (Å²) in [5.74, 6) is 0.537. The Morgan fingerprint density at radius 1 is 1.31 bits per heavy atom. The lowest BCUT2D eigenvalue weighted by atomic mass is 9.98. The zero-order chi connectivity index (χ0) is 9.42. The van der Waals surface area contributed by atoms with E-state index >= 15 is 0 Å². The van der Waals surface area contributed by atoms with Gasteiger partial charge in [-0.1, -0.05) is 13.8 Å². The van der Waals surface area contributed by atoms with Crippen LogP contribution >= 0.6 is 0 Å². The summed E-state index contributed by atoms with van der Waals surface area (Å²) in [6, 6.07) is 4.16. The van der Waals surface area contributed by atoms with E-state index in [1.165, 1.54) is 17.5 Å². The molecule has 68 valence electrons. The predicted molar refractivity (Wildman–Crippen MR) is 52.8 cm³/mol. The van der Waals surface area contributed by atoms with Crippen LogP contribution in [0.25, 0.3) is 11.1 Å². The first kappa shape index (κ1) is 8.30. The monoisotopic (exact) mass is 175 g/mol. The van der Waals surface area contributed by atoms with Gasteiger partial charge in [0.05, 0.1) is 0 Å². The second kappa shape index (κ2) is 2.87. The van der Waals surface area contributed by atoms with Gasteiger partial charge in [-0.2, -0.15) is 0 Å². The molecular formula is C11H13NO. The Labute approximate surface area is 77.6 Å². The first-order valence-corrected chi connectivity index (χ1v) is 4.52. The average Bonchev–Trinajstić information content (AvgIpc) is 2.48. The standard InChI is InChI=1S/C11H13NO/c1-7(2)9-5-11-10(4-8(9)3)12-6-13-11/h4-7H,1-3H3. The van der Waals surface area contributed by atoms with E-state index in [9.17, 15) is 0 Å².